The van der Waals surface area contributed by atoms with Crippen molar-refractivity contribution in [2.75, 3.05) is 5.32 Å². The maximum absolute atomic E-state index is 12.5. The summed E-state index contributed by atoms with van der Waals surface area (Å²) in [7, 11) is 0. The fraction of sp³-hybridized carbons (Fsp3) is 0.0769. The Morgan fingerprint density at radius 3 is 2.52 bits per heavy atom. The molecule has 0 saturated carbocycles. The molecule has 0 aliphatic rings. The molecule has 8 heteroatoms. The third kappa shape index (κ3) is 5.11. The van der Waals surface area contributed by atoms with Gasteiger partial charge >= 0.3 is 6.09 Å². The first-order valence-corrected chi connectivity index (χ1v) is 5.62. The van der Waals surface area contributed by atoms with Gasteiger partial charge in [0.1, 0.15) is 12.2 Å². The average molecular weight is 462 g/mol. The first-order valence-electron chi connectivity index (χ1n) is 5.62. The van der Waals surface area contributed by atoms with E-state index < -0.39 is 18.2 Å². The molecule has 0 bridgehead atoms. The summed E-state index contributed by atoms with van der Waals surface area (Å²) in [4.78, 5) is 18.9. The third-order valence-electron chi connectivity index (χ3n) is 2.22. The molecular formula is C13H10F2N3O2W-. The number of halogens is 2. The van der Waals surface area contributed by atoms with E-state index in [1.54, 1.807) is 30.3 Å². The summed E-state index contributed by atoms with van der Waals surface area (Å²) in [6.45, 7) is 1.52. The quantitative estimate of drug-likeness (QED) is 0.713. The molecule has 0 atom stereocenters. The Bertz CT molecular complexity index is 612. The molecule has 0 fully saturated rings. The van der Waals surface area contributed by atoms with Crippen molar-refractivity contribution in [2.45, 2.75) is 6.92 Å². The van der Waals surface area contributed by atoms with Gasteiger partial charge in [0.2, 0.25) is 5.95 Å². The van der Waals surface area contributed by atoms with Crippen LogP contribution in [0.1, 0.15) is 11.4 Å². The number of carbonyl (C=O) groups is 1. The molecular weight excluding hydrogens is 452 g/mol. The Balaban J connectivity index is 0.00000220. The average Bonchev–Trinajstić information content (AvgIpc) is 2.38. The monoisotopic (exact) mass is 462 g/mol. The molecule has 1 amide bonds. The van der Waals surface area contributed by atoms with E-state index in [4.69, 9.17) is 4.74 Å². The predicted octanol–water partition coefficient (Wildman–Crippen LogP) is 3.17. The number of nitrogens with zero attached hydrogens (tertiary/aromatic N) is 2. The zero-order valence-corrected chi connectivity index (χ0v) is 13.8. The van der Waals surface area contributed by atoms with Crippen LogP contribution in [0.25, 0.3) is 0 Å². The minimum absolute atomic E-state index is 0. The summed E-state index contributed by atoms with van der Waals surface area (Å²) in [5.41, 5.74) is -0.231. The molecule has 1 aromatic carbocycles. The number of rotatable bonds is 3. The molecule has 1 heterocycles. The second kappa shape index (κ2) is 7.69. The number of benzene rings is 1. The van der Waals surface area contributed by atoms with Gasteiger partial charge < -0.3 is 4.74 Å². The SMILES string of the molecule is Cc1cc([C-](F)F)nc(NC(=O)Oc2ccccc2)n1.[W]. The molecule has 1 N–H and O–H groups in total. The molecule has 0 spiro atoms. The normalized spacial score (nSPS) is 9.48. The van der Waals surface area contributed by atoms with Gasteiger partial charge in [-0.05, 0) is 30.4 Å². The van der Waals surface area contributed by atoms with Crippen LogP contribution in [0.3, 0.4) is 0 Å². The number of amides is 1. The second-order valence-corrected chi connectivity index (χ2v) is 3.81. The van der Waals surface area contributed by atoms with E-state index in [2.05, 4.69) is 15.3 Å². The number of aryl methyl sites for hydroxylation is 1. The summed E-state index contributed by atoms with van der Waals surface area (Å²) in [6.07, 6.45) is -2.80. The Hall–Kier alpha value is -2.01. The zero-order valence-electron chi connectivity index (χ0n) is 10.8. The fourth-order valence-electron chi connectivity index (χ4n) is 1.43. The Kier molecular flexibility index (Phi) is 6.24. The van der Waals surface area contributed by atoms with Gasteiger partial charge in [-0.25, -0.2) is 14.8 Å². The van der Waals surface area contributed by atoms with Crippen molar-refractivity contribution in [3.05, 3.63) is 54.2 Å². The first-order chi connectivity index (χ1) is 9.54. The molecule has 0 saturated heterocycles. The second-order valence-electron chi connectivity index (χ2n) is 3.81. The molecule has 0 unspecified atom stereocenters. The van der Waals surface area contributed by atoms with E-state index >= 15 is 0 Å². The van der Waals surface area contributed by atoms with Gasteiger partial charge in [-0.1, -0.05) is 18.2 Å². The van der Waals surface area contributed by atoms with Crippen molar-refractivity contribution in [1.82, 2.24) is 9.97 Å². The number of hydrogen-bond donors (Lipinski definition) is 1. The minimum atomic E-state index is -1.95. The predicted molar refractivity (Wildman–Crippen MR) is 67.4 cm³/mol. The van der Waals surface area contributed by atoms with Crippen LogP contribution >= 0.6 is 0 Å². The van der Waals surface area contributed by atoms with Crippen molar-refractivity contribution < 1.29 is 39.4 Å². The van der Waals surface area contributed by atoms with Gasteiger partial charge in [0.25, 0.3) is 0 Å². The number of aromatic nitrogens is 2. The van der Waals surface area contributed by atoms with Crippen molar-refractivity contribution in [1.29, 1.82) is 0 Å². The number of ether oxygens (including phenoxy) is 1. The van der Waals surface area contributed by atoms with Crippen molar-refractivity contribution >= 4 is 12.0 Å². The smallest absolute Gasteiger partial charge is 0.410 e. The van der Waals surface area contributed by atoms with Crippen LogP contribution < -0.4 is 10.1 Å². The minimum Gasteiger partial charge on any atom is -0.410 e. The molecule has 2 rings (SSSR count). The van der Waals surface area contributed by atoms with Crippen LogP contribution in [0, 0.1) is 13.3 Å². The standard InChI is InChI=1S/C13H10F2N3O2.W/c1-8-7-10(11(14)15)17-12(16-8)18-13(19)20-9-5-3-2-4-6-9;/h2-7H,1H3,(H,16,17,18,19);/q-1;. The van der Waals surface area contributed by atoms with Gasteiger partial charge in [-0.2, -0.15) is 6.07 Å². The summed E-state index contributed by atoms with van der Waals surface area (Å²) >= 11 is 0. The van der Waals surface area contributed by atoms with E-state index in [1.807, 2.05) is 0 Å². The molecule has 110 valence electrons. The van der Waals surface area contributed by atoms with Crippen LogP contribution in [0.15, 0.2) is 36.4 Å². The Labute approximate surface area is 134 Å². The Morgan fingerprint density at radius 2 is 1.90 bits per heavy atom. The van der Waals surface area contributed by atoms with Gasteiger partial charge in [0.05, 0.1) is 0 Å². The zero-order chi connectivity index (χ0) is 14.5. The topological polar surface area (TPSA) is 64.1 Å². The van der Waals surface area contributed by atoms with Gasteiger partial charge in [0, 0.05) is 21.1 Å². The van der Waals surface area contributed by atoms with Gasteiger partial charge in [0.15, 0.2) is 0 Å². The maximum Gasteiger partial charge on any atom is 0.419 e. The summed E-state index contributed by atoms with van der Waals surface area (Å²) in [5, 5.41) is 2.20. The van der Waals surface area contributed by atoms with Crippen LogP contribution in [0.2, 0.25) is 0 Å². The molecule has 0 aliphatic carbocycles. The molecule has 0 radical (unpaired) electrons. The number of carbonyl (C=O) groups excluding carboxylic acids is 1. The van der Waals surface area contributed by atoms with Crippen LogP contribution in [-0.2, 0) is 21.1 Å². The van der Waals surface area contributed by atoms with Crippen molar-refractivity contribution in [3.63, 3.8) is 0 Å². The number of anilines is 1. The van der Waals surface area contributed by atoms with Gasteiger partial charge in [-0.3, -0.25) is 14.1 Å². The molecule has 1 aromatic heterocycles. The number of nitrogens with one attached hydrogen (secondary N) is 1. The van der Waals surface area contributed by atoms with E-state index in [-0.39, 0.29) is 27.0 Å². The molecule has 0 aliphatic heterocycles. The molecule has 2 aromatic rings. The summed E-state index contributed by atoms with van der Waals surface area (Å²) in [5.74, 6) is 0.0786. The molecule has 5 nitrogen and oxygen atoms in total. The summed E-state index contributed by atoms with van der Waals surface area (Å²) < 4.78 is 29.9. The van der Waals surface area contributed by atoms with Gasteiger partial charge in [-0.15, -0.1) is 0 Å². The number of hydrogen-bond acceptors (Lipinski definition) is 4. The van der Waals surface area contributed by atoms with E-state index in [0.29, 0.717) is 11.4 Å². The van der Waals surface area contributed by atoms with E-state index in [9.17, 15) is 13.6 Å². The summed E-state index contributed by atoms with van der Waals surface area (Å²) in [6, 6.07) is 9.42. The number of para-hydroxylation sites is 1. The fourth-order valence-corrected chi connectivity index (χ4v) is 1.43. The first kappa shape index (κ1) is 17.0. The molecule has 21 heavy (non-hydrogen) atoms. The Morgan fingerprint density at radius 1 is 1.24 bits per heavy atom. The van der Waals surface area contributed by atoms with E-state index in [1.165, 1.54) is 6.92 Å². The van der Waals surface area contributed by atoms with Crippen LogP contribution in [0.5, 0.6) is 5.75 Å². The third-order valence-corrected chi connectivity index (χ3v) is 2.22. The van der Waals surface area contributed by atoms with E-state index in [0.717, 1.165) is 6.07 Å². The van der Waals surface area contributed by atoms with Crippen molar-refractivity contribution in [3.8, 4) is 5.75 Å². The maximum atomic E-state index is 12.5. The van der Waals surface area contributed by atoms with Crippen molar-refractivity contribution in [2.24, 2.45) is 0 Å². The van der Waals surface area contributed by atoms with Crippen LogP contribution in [-0.4, -0.2) is 16.1 Å². The largest absolute Gasteiger partial charge is 0.419 e. The van der Waals surface area contributed by atoms with Crippen LogP contribution in [0.4, 0.5) is 19.5 Å².